The van der Waals surface area contributed by atoms with Crippen LogP contribution in [0, 0.1) is 17.6 Å². The summed E-state index contributed by atoms with van der Waals surface area (Å²) >= 11 is 15.1. The number of anilines is 3. The minimum absolute atomic E-state index is 0.0888. The van der Waals surface area contributed by atoms with Crippen LogP contribution in [0.3, 0.4) is 0 Å². The number of amides is 3. The number of nitrogens with one attached hydrogen (secondary N) is 3. The smallest absolute Gasteiger partial charge is 0.433 e. The van der Waals surface area contributed by atoms with Gasteiger partial charge in [-0.3, -0.25) is 14.4 Å². The van der Waals surface area contributed by atoms with Gasteiger partial charge in [-0.15, -0.1) is 23.2 Å². The van der Waals surface area contributed by atoms with Gasteiger partial charge in [0, 0.05) is 5.69 Å². The first-order valence-corrected chi connectivity index (χ1v) is 12.7. The average Bonchev–Trinajstić information content (AvgIpc) is 3.41. The first-order chi connectivity index (χ1) is 17.1. The highest BCUT2D eigenvalue weighted by Crippen LogP contribution is 2.53. The number of halogens is 8. The molecule has 0 heterocycles. The molecule has 0 aromatic heterocycles. The highest BCUT2D eigenvalue weighted by atomic mass is 35.5. The normalized spacial score (nSPS) is 17.1. The Bertz CT molecular complexity index is 1250. The molecule has 3 N–H and O–H groups in total. The molecule has 2 unspecified atom stereocenters. The number of rotatable bonds is 8. The number of benzene rings is 2. The van der Waals surface area contributed by atoms with Crippen molar-refractivity contribution >= 4 is 80.8 Å². The third kappa shape index (κ3) is 7.84. The standard InChI is InChI=1S/C21H15Cl3F5N3O4S/c22-12-2-1-9(30-19(35)11-6-20(11,23)24)5-10(12)18(34)31-14-4-3-13(25)17(16(14)26)32-15(33)7-37(36)8-21(27,28)29/h1-5,11H,6-8H2,(H,30,35)(H,31,34)(H,32,33). The van der Waals surface area contributed by atoms with Gasteiger partial charge in [-0.25, -0.2) is 8.78 Å². The van der Waals surface area contributed by atoms with E-state index in [1.54, 1.807) is 5.32 Å². The number of hydrogen-bond acceptors (Lipinski definition) is 4. The van der Waals surface area contributed by atoms with Crippen LogP contribution in [0.1, 0.15) is 16.8 Å². The Morgan fingerprint density at radius 1 is 1.08 bits per heavy atom. The zero-order valence-electron chi connectivity index (χ0n) is 18.2. The number of carbonyl (C=O) groups is 3. The summed E-state index contributed by atoms with van der Waals surface area (Å²) in [6.45, 7) is 0. The van der Waals surface area contributed by atoms with Gasteiger partial charge in [0.15, 0.2) is 11.6 Å². The second-order valence-corrected chi connectivity index (χ2v) is 11.2. The van der Waals surface area contributed by atoms with E-state index in [0.717, 1.165) is 6.07 Å². The van der Waals surface area contributed by atoms with E-state index in [1.165, 1.54) is 18.2 Å². The van der Waals surface area contributed by atoms with Crippen molar-refractivity contribution < 1.29 is 40.9 Å². The molecule has 0 saturated heterocycles. The Kier molecular flexibility index (Phi) is 8.85. The Morgan fingerprint density at radius 2 is 1.73 bits per heavy atom. The van der Waals surface area contributed by atoms with Gasteiger partial charge in [0.2, 0.25) is 11.7 Å². The molecule has 200 valence electrons. The Morgan fingerprint density at radius 3 is 2.32 bits per heavy atom. The Hall–Kier alpha value is -2.32. The van der Waals surface area contributed by atoms with Crippen LogP contribution in [-0.2, 0) is 20.8 Å². The van der Waals surface area contributed by atoms with E-state index in [9.17, 15) is 40.9 Å². The minimum Gasteiger partial charge on any atom is -0.616 e. The number of carbonyl (C=O) groups excluding carboxylic acids is 3. The van der Waals surface area contributed by atoms with Crippen LogP contribution >= 0.6 is 34.8 Å². The topological polar surface area (TPSA) is 110 Å². The van der Waals surface area contributed by atoms with E-state index in [-0.39, 0.29) is 22.7 Å². The lowest BCUT2D eigenvalue weighted by Gasteiger charge is -2.15. The summed E-state index contributed by atoms with van der Waals surface area (Å²) in [5.41, 5.74) is -1.75. The van der Waals surface area contributed by atoms with Crippen LogP contribution in [0.5, 0.6) is 0 Å². The maximum absolute atomic E-state index is 14.9. The van der Waals surface area contributed by atoms with E-state index < -0.39 is 79.8 Å². The predicted octanol–water partition coefficient (Wildman–Crippen LogP) is 5.25. The third-order valence-corrected chi connectivity index (χ3v) is 7.24. The molecule has 1 aliphatic rings. The highest BCUT2D eigenvalue weighted by Gasteiger charge is 2.56. The maximum Gasteiger partial charge on any atom is 0.433 e. The molecule has 16 heteroatoms. The SMILES string of the molecule is O=C(C[S+]([O-])CC(F)(F)F)Nc1c(F)ccc(NC(=O)c2cc(NC(=O)C3CC3(Cl)Cl)ccc2Cl)c1F. The minimum atomic E-state index is -4.80. The summed E-state index contributed by atoms with van der Waals surface area (Å²) in [6, 6.07) is 5.36. The summed E-state index contributed by atoms with van der Waals surface area (Å²) in [5.74, 6) is -9.19. The molecule has 1 aliphatic carbocycles. The molecule has 3 rings (SSSR count). The quantitative estimate of drug-likeness (QED) is 0.217. The van der Waals surface area contributed by atoms with Crippen LogP contribution in [-0.4, -0.2) is 44.3 Å². The van der Waals surface area contributed by atoms with Crippen LogP contribution in [0.2, 0.25) is 5.02 Å². The van der Waals surface area contributed by atoms with Gasteiger partial charge >= 0.3 is 6.18 Å². The van der Waals surface area contributed by atoms with Gasteiger partial charge < -0.3 is 20.5 Å². The molecule has 37 heavy (non-hydrogen) atoms. The summed E-state index contributed by atoms with van der Waals surface area (Å²) in [4.78, 5) is 36.8. The monoisotopic (exact) mass is 605 g/mol. The summed E-state index contributed by atoms with van der Waals surface area (Å²) in [5, 5.41) is 6.27. The lowest BCUT2D eigenvalue weighted by molar-refractivity contribution is -0.117. The van der Waals surface area contributed by atoms with Crippen molar-refractivity contribution in [1.82, 2.24) is 0 Å². The maximum atomic E-state index is 14.9. The number of alkyl halides is 5. The van der Waals surface area contributed by atoms with Crippen LogP contribution in [0.15, 0.2) is 30.3 Å². The molecule has 1 saturated carbocycles. The molecule has 2 atom stereocenters. The van der Waals surface area contributed by atoms with Crippen molar-refractivity contribution in [3.63, 3.8) is 0 Å². The zero-order valence-corrected chi connectivity index (χ0v) is 21.2. The van der Waals surface area contributed by atoms with Crippen molar-refractivity contribution in [1.29, 1.82) is 0 Å². The Balaban J connectivity index is 1.72. The summed E-state index contributed by atoms with van der Waals surface area (Å²) < 4.78 is 76.1. The van der Waals surface area contributed by atoms with E-state index in [0.29, 0.717) is 6.07 Å². The molecule has 1 fully saturated rings. The molecule has 0 bridgehead atoms. The number of hydrogen-bond donors (Lipinski definition) is 3. The van der Waals surface area contributed by atoms with E-state index in [1.807, 2.05) is 0 Å². The van der Waals surface area contributed by atoms with Gasteiger partial charge in [0.05, 0.1) is 22.2 Å². The van der Waals surface area contributed by atoms with Gasteiger partial charge in [0.25, 0.3) is 11.8 Å². The van der Waals surface area contributed by atoms with Crippen molar-refractivity contribution in [2.75, 3.05) is 27.5 Å². The molecule has 7 nitrogen and oxygen atoms in total. The predicted molar refractivity (Wildman–Crippen MR) is 129 cm³/mol. The van der Waals surface area contributed by atoms with Crippen molar-refractivity contribution in [3.05, 3.63) is 52.6 Å². The van der Waals surface area contributed by atoms with Crippen LogP contribution in [0.4, 0.5) is 39.0 Å². The molecular formula is C21H15Cl3F5N3O4S. The van der Waals surface area contributed by atoms with Crippen LogP contribution in [0.25, 0.3) is 0 Å². The molecular weight excluding hydrogens is 592 g/mol. The average molecular weight is 607 g/mol. The lowest BCUT2D eigenvalue weighted by atomic mass is 10.1. The van der Waals surface area contributed by atoms with Crippen LogP contribution < -0.4 is 16.0 Å². The van der Waals surface area contributed by atoms with E-state index >= 15 is 0 Å². The molecule has 0 aliphatic heterocycles. The van der Waals surface area contributed by atoms with Gasteiger partial charge in [-0.1, -0.05) is 11.6 Å². The van der Waals surface area contributed by atoms with E-state index in [2.05, 4.69) is 10.6 Å². The fraction of sp³-hybridized carbons (Fsp3) is 0.286. The van der Waals surface area contributed by atoms with Gasteiger partial charge in [-0.05, 0) is 47.9 Å². The molecule has 2 aromatic carbocycles. The molecule has 2 aromatic rings. The van der Waals surface area contributed by atoms with Gasteiger partial charge in [-0.2, -0.15) is 13.2 Å². The van der Waals surface area contributed by atoms with E-state index in [4.69, 9.17) is 34.8 Å². The fourth-order valence-corrected chi connectivity index (χ4v) is 4.55. The molecule has 0 spiro atoms. The summed E-state index contributed by atoms with van der Waals surface area (Å²) in [7, 11) is 0. The highest BCUT2D eigenvalue weighted by molar-refractivity contribution is 7.92. The largest absolute Gasteiger partial charge is 0.616 e. The second-order valence-electron chi connectivity index (χ2n) is 7.83. The van der Waals surface area contributed by atoms with Crippen molar-refractivity contribution in [3.8, 4) is 0 Å². The Labute approximate surface area is 224 Å². The van der Waals surface area contributed by atoms with Crippen molar-refractivity contribution in [2.45, 2.75) is 16.9 Å². The fourth-order valence-electron chi connectivity index (χ4n) is 3.01. The second kappa shape index (κ2) is 11.2. The summed E-state index contributed by atoms with van der Waals surface area (Å²) in [6.07, 6.45) is -4.56. The lowest BCUT2D eigenvalue weighted by Crippen LogP contribution is -2.31. The third-order valence-electron chi connectivity index (χ3n) is 4.84. The zero-order chi connectivity index (χ0) is 27.7. The molecule has 3 amide bonds. The molecule has 0 radical (unpaired) electrons. The van der Waals surface area contributed by atoms with Gasteiger partial charge in [0.1, 0.15) is 15.8 Å². The van der Waals surface area contributed by atoms with Crippen molar-refractivity contribution in [2.24, 2.45) is 5.92 Å². The first-order valence-electron chi connectivity index (χ1n) is 10.1. The first kappa shape index (κ1) is 29.2.